The summed E-state index contributed by atoms with van der Waals surface area (Å²) >= 11 is 0. The number of ether oxygens (including phenoxy) is 1. The van der Waals surface area contributed by atoms with Crippen LogP contribution in [0.15, 0.2) is 0 Å². The Morgan fingerprint density at radius 3 is 3.09 bits per heavy atom. The molecule has 0 aliphatic carbocycles. The molecule has 0 bridgehead atoms. The van der Waals surface area contributed by atoms with Crippen LogP contribution < -0.4 is 5.32 Å². The summed E-state index contributed by atoms with van der Waals surface area (Å²) in [5.74, 6) is -0.0984. The lowest BCUT2D eigenvalue weighted by atomic mass is 10.2. The van der Waals surface area contributed by atoms with E-state index < -0.39 is 0 Å². The molecule has 0 aromatic carbocycles. The van der Waals surface area contributed by atoms with Crippen molar-refractivity contribution in [1.82, 2.24) is 5.32 Å². The average Bonchev–Trinajstić information content (AvgIpc) is 2.52. The Kier molecular flexibility index (Phi) is 3.36. The van der Waals surface area contributed by atoms with E-state index in [0.29, 0.717) is 19.1 Å². The van der Waals surface area contributed by atoms with Crippen molar-refractivity contribution >= 4 is 5.97 Å². The zero-order valence-corrected chi connectivity index (χ0v) is 6.93. The lowest BCUT2D eigenvalue weighted by molar-refractivity contribution is -0.143. The summed E-state index contributed by atoms with van der Waals surface area (Å²) in [5, 5.41) is 3.26. The van der Waals surface area contributed by atoms with Gasteiger partial charge in [-0.3, -0.25) is 4.79 Å². The van der Waals surface area contributed by atoms with Crippen molar-refractivity contribution in [1.29, 1.82) is 0 Å². The van der Waals surface area contributed by atoms with Crippen LogP contribution in [-0.4, -0.2) is 25.2 Å². The molecule has 0 aromatic rings. The van der Waals surface area contributed by atoms with Gasteiger partial charge in [0.05, 0.1) is 0 Å². The monoisotopic (exact) mass is 157 g/mol. The zero-order valence-electron chi connectivity index (χ0n) is 6.93. The first kappa shape index (κ1) is 8.53. The molecule has 1 fully saturated rings. The van der Waals surface area contributed by atoms with E-state index in [1.165, 1.54) is 6.42 Å². The smallest absolute Gasteiger partial charge is 0.305 e. The second kappa shape index (κ2) is 4.34. The first-order valence-corrected chi connectivity index (χ1v) is 4.22. The summed E-state index contributed by atoms with van der Waals surface area (Å²) in [6.45, 7) is 3.42. The van der Waals surface area contributed by atoms with Crippen LogP contribution in [-0.2, 0) is 9.53 Å². The maximum atomic E-state index is 10.7. The second-order valence-corrected chi connectivity index (χ2v) is 2.83. The van der Waals surface area contributed by atoms with Crippen LogP contribution in [0.1, 0.15) is 26.2 Å². The van der Waals surface area contributed by atoms with Crippen molar-refractivity contribution in [2.75, 3.05) is 13.2 Å². The molecule has 0 spiro atoms. The molecule has 0 amide bonds. The van der Waals surface area contributed by atoms with Gasteiger partial charge >= 0.3 is 5.97 Å². The standard InChI is InChI=1S/C8H15NO2/c1-2-8(10)11-6-7-4-3-5-9-7/h7,9H,2-6H2,1H3. The molecule has 11 heavy (non-hydrogen) atoms. The van der Waals surface area contributed by atoms with Crippen molar-refractivity contribution in [3.63, 3.8) is 0 Å². The van der Waals surface area contributed by atoms with Crippen LogP contribution in [0, 0.1) is 0 Å². The fourth-order valence-electron chi connectivity index (χ4n) is 1.19. The van der Waals surface area contributed by atoms with E-state index in [0.717, 1.165) is 13.0 Å². The molecule has 1 aliphatic heterocycles. The lowest BCUT2D eigenvalue weighted by Crippen LogP contribution is -2.27. The molecule has 3 nitrogen and oxygen atoms in total. The number of nitrogens with one attached hydrogen (secondary N) is 1. The quantitative estimate of drug-likeness (QED) is 0.612. The molecule has 3 heteroatoms. The van der Waals surface area contributed by atoms with Crippen LogP contribution in [0.5, 0.6) is 0 Å². The third-order valence-corrected chi connectivity index (χ3v) is 1.90. The Bertz CT molecular complexity index is 130. The minimum atomic E-state index is -0.0984. The molecule has 1 saturated heterocycles. The normalized spacial score (nSPS) is 23.5. The highest BCUT2D eigenvalue weighted by atomic mass is 16.5. The van der Waals surface area contributed by atoms with Gasteiger partial charge in [0.15, 0.2) is 0 Å². The van der Waals surface area contributed by atoms with Crippen molar-refractivity contribution in [3.05, 3.63) is 0 Å². The van der Waals surface area contributed by atoms with Crippen LogP contribution in [0.3, 0.4) is 0 Å². The minimum absolute atomic E-state index is 0.0984. The largest absolute Gasteiger partial charge is 0.464 e. The van der Waals surface area contributed by atoms with E-state index in [9.17, 15) is 4.79 Å². The summed E-state index contributed by atoms with van der Waals surface area (Å²) in [7, 11) is 0. The van der Waals surface area contributed by atoms with E-state index in [1.54, 1.807) is 0 Å². The molecular weight excluding hydrogens is 142 g/mol. The van der Waals surface area contributed by atoms with Crippen molar-refractivity contribution in [2.24, 2.45) is 0 Å². The lowest BCUT2D eigenvalue weighted by Gasteiger charge is -2.09. The molecular formula is C8H15NO2. The summed E-state index contributed by atoms with van der Waals surface area (Å²) in [6, 6.07) is 0.408. The highest BCUT2D eigenvalue weighted by Gasteiger charge is 2.14. The summed E-state index contributed by atoms with van der Waals surface area (Å²) in [6.07, 6.45) is 2.82. The first-order chi connectivity index (χ1) is 5.33. The van der Waals surface area contributed by atoms with Crippen molar-refractivity contribution < 1.29 is 9.53 Å². The van der Waals surface area contributed by atoms with Gasteiger partial charge in [-0.1, -0.05) is 6.92 Å². The third kappa shape index (κ3) is 2.89. The van der Waals surface area contributed by atoms with Crippen molar-refractivity contribution in [3.8, 4) is 0 Å². The van der Waals surface area contributed by atoms with Gasteiger partial charge in [0.25, 0.3) is 0 Å². The van der Waals surface area contributed by atoms with E-state index >= 15 is 0 Å². The van der Waals surface area contributed by atoms with Gasteiger partial charge in [0, 0.05) is 12.5 Å². The maximum absolute atomic E-state index is 10.7. The molecule has 1 N–H and O–H groups in total. The van der Waals surface area contributed by atoms with Crippen LogP contribution in [0.2, 0.25) is 0 Å². The molecule has 1 heterocycles. The first-order valence-electron chi connectivity index (χ1n) is 4.22. The number of hydrogen-bond acceptors (Lipinski definition) is 3. The van der Waals surface area contributed by atoms with Gasteiger partial charge in [-0.2, -0.15) is 0 Å². The molecule has 0 aromatic heterocycles. The molecule has 1 rings (SSSR count). The zero-order chi connectivity index (χ0) is 8.10. The van der Waals surface area contributed by atoms with Crippen molar-refractivity contribution in [2.45, 2.75) is 32.2 Å². The Morgan fingerprint density at radius 1 is 1.73 bits per heavy atom. The topological polar surface area (TPSA) is 38.3 Å². The number of esters is 1. The molecule has 64 valence electrons. The predicted molar refractivity (Wildman–Crippen MR) is 42.3 cm³/mol. The predicted octanol–water partition coefficient (Wildman–Crippen LogP) is 0.692. The Morgan fingerprint density at radius 2 is 2.55 bits per heavy atom. The molecule has 1 atom stereocenters. The van der Waals surface area contributed by atoms with Gasteiger partial charge in [-0.05, 0) is 19.4 Å². The van der Waals surface area contributed by atoms with Crippen LogP contribution in [0.4, 0.5) is 0 Å². The SMILES string of the molecule is CCC(=O)OCC1CCCN1. The average molecular weight is 157 g/mol. The summed E-state index contributed by atoms with van der Waals surface area (Å²) in [5.41, 5.74) is 0. The highest BCUT2D eigenvalue weighted by molar-refractivity contribution is 5.68. The fraction of sp³-hybridized carbons (Fsp3) is 0.875. The summed E-state index contributed by atoms with van der Waals surface area (Å²) < 4.78 is 4.97. The molecule has 1 aliphatic rings. The molecule has 1 unspecified atom stereocenters. The molecule has 0 saturated carbocycles. The van der Waals surface area contributed by atoms with Crippen LogP contribution >= 0.6 is 0 Å². The number of rotatable bonds is 3. The van der Waals surface area contributed by atoms with Gasteiger partial charge in [-0.15, -0.1) is 0 Å². The molecule has 0 radical (unpaired) electrons. The number of carbonyl (C=O) groups is 1. The van der Waals surface area contributed by atoms with Gasteiger partial charge < -0.3 is 10.1 Å². The minimum Gasteiger partial charge on any atom is -0.464 e. The van der Waals surface area contributed by atoms with E-state index in [-0.39, 0.29) is 5.97 Å². The van der Waals surface area contributed by atoms with E-state index in [4.69, 9.17) is 4.74 Å². The van der Waals surface area contributed by atoms with Gasteiger partial charge in [0.1, 0.15) is 6.61 Å². The second-order valence-electron chi connectivity index (χ2n) is 2.83. The fourth-order valence-corrected chi connectivity index (χ4v) is 1.19. The van der Waals surface area contributed by atoms with Gasteiger partial charge in [-0.25, -0.2) is 0 Å². The summed E-state index contributed by atoms with van der Waals surface area (Å²) in [4.78, 5) is 10.7. The van der Waals surface area contributed by atoms with Crippen LogP contribution in [0.25, 0.3) is 0 Å². The van der Waals surface area contributed by atoms with Gasteiger partial charge in [0.2, 0.25) is 0 Å². The highest BCUT2D eigenvalue weighted by Crippen LogP contribution is 2.04. The number of carbonyl (C=O) groups excluding carboxylic acids is 1. The number of hydrogen-bond donors (Lipinski definition) is 1. The Balaban J connectivity index is 2.06. The van der Waals surface area contributed by atoms with E-state index in [2.05, 4.69) is 5.32 Å². The van der Waals surface area contributed by atoms with E-state index in [1.807, 2.05) is 6.92 Å². The third-order valence-electron chi connectivity index (χ3n) is 1.90. The Hall–Kier alpha value is -0.570. The maximum Gasteiger partial charge on any atom is 0.305 e. The Labute approximate surface area is 67.1 Å².